The highest BCUT2D eigenvalue weighted by Crippen LogP contribution is 2.28. The number of aromatic nitrogens is 1. The largest absolute Gasteiger partial charge is 0.493 e. The summed E-state index contributed by atoms with van der Waals surface area (Å²) < 4.78 is 72.9. The summed E-state index contributed by atoms with van der Waals surface area (Å²) in [6, 6.07) is 5.11. The Balaban J connectivity index is 1.26. The number of benzene rings is 1. The number of carbonyl (C=O) groups is 2. The minimum absolute atomic E-state index is 0.0625. The van der Waals surface area contributed by atoms with Crippen molar-refractivity contribution in [1.29, 1.82) is 0 Å². The van der Waals surface area contributed by atoms with Gasteiger partial charge in [-0.25, -0.2) is 13.4 Å². The molecule has 18 heteroatoms. The molecule has 0 unspecified atom stereocenters. The summed E-state index contributed by atoms with van der Waals surface area (Å²) in [7, 11) is -3.36. The van der Waals surface area contributed by atoms with Crippen molar-refractivity contribution in [2.24, 2.45) is 5.73 Å². The Hall–Kier alpha value is -2.52. The number of nitrogens with zero attached hydrogens (tertiary/aromatic N) is 1. The van der Waals surface area contributed by atoms with Gasteiger partial charge in [-0.15, -0.1) is 11.3 Å². The number of ether oxygens (including phenoxy) is 9. The van der Waals surface area contributed by atoms with Crippen LogP contribution in [0.5, 0.6) is 5.75 Å². The highest BCUT2D eigenvalue weighted by atomic mass is 32.2. The summed E-state index contributed by atoms with van der Waals surface area (Å²) in [4.78, 5) is 26.7. The molecule has 0 atom stereocenters. The molecular formula is C30H49N3O13S2. The molecule has 1 aromatic heterocycles. The van der Waals surface area contributed by atoms with Gasteiger partial charge in [-0.2, -0.15) is 0 Å². The van der Waals surface area contributed by atoms with E-state index in [-0.39, 0.29) is 35.6 Å². The van der Waals surface area contributed by atoms with Crippen molar-refractivity contribution in [2.45, 2.75) is 17.2 Å². The minimum Gasteiger partial charge on any atom is -0.493 e. The van der Waals surface area contributed by atoms with Crippen LogP contribution in [0.4, 0.5) is 0 Å². The van der Waals surface area contributed by atoms with Crippen LogP contribution in [0, 0.1) is 0 Å². The van der Waals surface area contributed by atoms with Crippen molar-refractivity contribution < 1.29 is 60.6 Å². The van der Waals surface area contributed by atoms with Crippen LogP contribution >= 0.6 is 11.3 Å². The van der Waals surface area contributed by atoms with E-state index in [0.717, 1.165) is 17.6 Å². The molecular weight excluding hydrogens is 674 g/mol. The number of carbonyl (C=O) groups excluding carboxylic acids is 2. The van der Waals surface area contributed by atoms with E-state index in [1.807, 2.05) is 0 Å². The van der Waals surface area contributed by atoms with Gasteiger partial charge in [-0.3, -0.25) is 9.59 Å². The lowest BCUT2D eigenvalue weighted by Gasteiger charge is -2.09. The maximum Gasteiger partial charge on any atom is 0.223 e. The fourth-order valence-corrected chi connectivity index (χ4v) is 5.42. The summed E-state index contributed by atoms with van der Waals surface area (Å²) in [5, 5.41) is 2.77. The first-order valence-corrected chi connectivity index (χ1v) is 18.4. The van der Waals surface area contributed by atoms with Gasteiger partial charge in [0.25, 0.3) is 0 Å². The molecule has 0 fully saturated rings. The molecule has 0 saturated carbocycles. The van der Waals surface area contributed by atoms with E-state index < -0.39 is 9.84 Å². The van der Waals surface area contributed by atoms with Crippen LogP contribution in [-0.4, -0.2) is 150 Å². The summed E-state index contributed by atoms with van der Waals surface area (Å²) >= 11 is 1.08. The molecule has 16 nitrogen and oxygen atoms in total. The van der Waals surface area contributed by atoms with Crippen LogP contribution in [0.1, 0.15) is 12.8 Å². The van der Waals surface area contributed by atoms with Crippen LogP contribution in [0.25, 0.3) is 10.2 Å². The molecule has 3 N–H and O–H groups in total. The van der Waals surface area contributed by atoms with Crippen LogP contribution in [0.15, 0.2) is 22.5 Å². The maximum atomic E-state index is 12.0. The molecule has 0 bridgehead atoms. The van der Waals surface area contributed by atoms with Crippen LogP contribution in [0.3, 0.4) is 0 Å². The number of nitrogens with two attached hydrogens (primary N) is 1. The van der Waals surface area contributed by atoms with Gasteiger partial charge in [-0.05, 0) is 18.2 Å². The average Bonchev–Trinajstić information content (AvgIpc) is 3.49. The van der Waals surface area contributed by atoms with E-state index >= 15 is 0 Å². The zero-order valence-electron chi connectivity index (χ0n) is 27.5. The number of rotatable bonds is 32. The zero-order valence-corrected chi connectivity index (χ0v) is 29.2. The molecule has 0 aliphatic carbocycles. The van der Waals surface area contributed by atoms with Gasteiger partial charge in [0.15, 0.2) is 0 Å². The minimum atomic E-state index is -3.36. The Bertz CT molecular complexity index is 1260. The van der Waals surface area contributed by atoms with E-state index in [9.17, 15) is 18.0 Å². The van der Waals surface area contributed by atoms with Crippen LogP contribution in [0.2, 0.25) is 0 Å². The Morgan fingerprint density at radius 3 is 1.60 bits per heavy atom. The molecule has 0 aliphatic rings. The normalized spacial score (nSPS) is 11.7. The van der Waals surface area contributed by atoms with E-state index in [1.165, 1.54) is 0 Å². The molecule has 2 rings (SSSR count). The number of fused-ring (bicyclic) bond motifs is 1. The van der Waals surface area contributed by atoms with Gasteiger partial charge in [-0.1, -0.05) is 0 Å². The summed E-state index contributed by atoms with van der Waals surface area (Å²) in [6.45, 7) is 7.46. The maximum absolute atomic E-state index is 12.0. The average molecular weight is 724 g/mol. The lowest BCUT2D eigenvalue weighted by molar-refractivity contribution is -0.122. The second kappa shape index (κ2) is 26.4. The number of sulfone groups is 1. The van der Waals surface area contributed by atoms with Gasteiger partial charge in [0.1, 0.15) is 5.75 Å². The lowest BCUT2D eigenvalue weighted by atomic mass is 10.3. The first-order valence-electron chi connectivity index (χ1n) is 15.7. The Morgan fingerprint density at radius 1 is 0.688 bits per heavy atom. The molecule has 0 spiro atoms. The van der Waals surface area contributed by atoms with Gasteiger partial charge in [0, 0.05) is 19.2 Å². The van der Waals surface area contributed by atoms with Crippen molar-refractivity contribution >= 4 is 43.2 Å². The van der Waals surface area contributed by atoms with Crippen molar-refractivity contribution in [1.82, 2.24) is 10.3 Å². The van der Waals surface area contributed by atoms with E-state index in [4.69, 9.17) is 48.4 Å². The van der Waals surface area contributed by atoms with Gasteiger partial charge in [0.2, 0.25) is 26.0 Å². The highest BCUT2D eigenvalue weighted by Gasteiger charge is 2.14. The first-order chi connectivity index (χ1) is 23.3. The third-order valence-corrected chi connectivity index (χ3v) is 8.62. The SMILES string of the molecule is CS(=O)(=O)c1nc2ccc(OCCC(=O)NCCOCCOCCOCCOCCOCCOCCOCCOCCC(N)=O)cc2s1. The standard InChI is InChI=1S/C30H49N3O13S2/c1-48(36,37)30-33-26-3-2-25(24-27(26)47-30)46-8-5-29(35)32-6-9-39-11-13-41-15-17-43-19-21-45-23-22-44-20-18-42-16-14-40-12-10-38-7-4-28(31)34/h2-3,24H,4-23H2,1H3,(H2,31,34)(H,32,35). The molecule has 48 heavy (non-hydrogen) atoms. The Labute approximate surface area is 285 Å². The highest BCUT2D eigenvalue weighted by molar-refractivity contribution is 7.92. The lowest BCUT2D eigenvalue weighted by Crippen LogP contribution is -2.28. The number of primary amides is 1. The number of hydrogen-bond donors (Lipinski definition) is 2. The molecule has 2 amide bonds. The van der Waals surface area contributed by atoms with Crippen molar-refractivity contribution in [3.8, 4) is 5.75 Å². The third kappa shape index (κ3) is 21.5. The fraction of sp³-hybridized carbons (Fsp3) is 0.700. The van der Waals surface area contributed by atoms with Gasteiger partial charge < -0.3 is 53.7 Å². The number of thiazole rings is 1. The molecule has 274 valence electrons. The quantitative estimate of drug-likeness (QED) is 0.0994. The van der Waals surface area contributed by atoms with Crippen LogP contribution in [-0.2, 0) is 57.3 Å². The number of nitrogens with one attached hydrogen (secondary N) is 1. The number of hydrogen-bond acceptors (Lipinski definition) is 15. The van der Waals surface area contributed by atoms with Gasteiger partial charge in [0.05, 0.1) is 129 Å². The van der Waals surface area contributed by atoms with E-state index in [1.54, 1.807) is 18.2 Å². The third-order valence-electron chi connectivity index (χ3n) is 5.92. The molecule has 0 saturated heterocycles. The monoisotopic (exact) mass is 723 g/mol. The van der Waals surface area contributed by atoms with E-state index in [0.29, 0.717) is 128 Å². The van der Waals surface area contributed by atoms with Crippen molar-refractivity contribution in [3.05, 3.63) is 18.2 Å². The topological polar surface area (TPSA) is 202 Å². The molecule has 2 aromatic rings. The molecule has 1 heterocycles. The zero-order chi connectivity index (χ0) is 34.7. The summed E-state index contributed by atoms with van der Waals surface area (Å²) in [6.07, 6.45) is 1.50. The van der Waals surface area contributed by atoms with E-state index in [2.05, 4.69) is 10.3 Å². The number of amides is 2. The predicted octanol–water partition coefficient (Wildman–Crippen LogP) is 0.593. The first kappa shape index (κ1) is 41.7. The summed E-state index contributed by atoms with van der Waals surface area (Å²) in [5.74, 6) is -0.00429. The van der Waals surface area contributed by atoms with Crippen LogP contribution < -0.4 is 15.8 Å². The van der Waals surface area contributed by atoms with Crippen molar-refractivity contribution in [2.75, 3.05) is 125 Å². The summed E-state index contributed by atoms with van der Waals surface area (Å²) in [5.41, 5.74) is 5.60. The predicted molar refractivity (Wildman–Crippen MR) is 176 cm³/mol. The van der Waals surface area contributed by atoms with Gasteiger partial charge >= 0.3 is 0 Å². The second-order valence-corrected chi connectivity index (χ2v) is 13.2. The van der Waals surface area contributed by atoms with Crippen molar-refractivity contribution in [3.63, 3.8) is 0 Å². The second-order valence-electron chi connectivity index (χ2n) is 9.95. The molecule has 0 aliphatic heterocycles. The molecule has 0 radical (unpaired) electrons. The smallest absolute Gasteiger partial charge is 0.223 e. The Morgan fingerprint density at radius 2 is 1.15 bits per heavy atom. The fourth-order valence-electron chi connectivity index (χ4n) is 3.56. The molecule has 1 aromatic carbocycles. The Kier molecular flexibility index (Phi) is 22.9.